The molecule has 0 rings (SSSR count). The molecule has 0 aliphatic rings. The van der Waals surface area contributed by atoms with E-state index >= 15 is 0 Å². The van der Waals surface area contributed by atoms with Crippen LogP contribution in [0.1, 0.15) is 34.1 Å². The van der Waals surface area contributed by atoms with Crippen LogP contribution >= 0.6 is 0 Å². The second-order valence-corrected chi connectivity index (χ2v) is 4.67. The Bertz CT molecular complexity index is 258. The van der Waals surface area contributed by atoms with E-state index in [1.165, 1.54) is 0 Å². The smallest absolute Gasteiger partial charge is 0.286 e. The van der Waals surface area contributed by atoms with E-state index in [4.69, 9.17) is 15.3 Å². The summed E-state index contributed by atoms with van der Waals surface area (Å²) in [5.41, 5.74) is -0.701. The number of hydrogen-bond donors (Lipinski definition) is 0. The Morgan fingerprint density at radius 1 is 1.07 bits per heavy atom. The van der Waals surface area contributed by atoms with Crippen molar-refractivity contribution in [2.24, 2.45) is 5.41 Å². The zero-order valence-corrected chi connectivity index (χ0v) is 9.13. The van der Waals surface area contributed by atoms with Gasteiger partial charge in [0.1, 0.15) is 12.2 Å². The maximum absolute atomic E-state index is 8.42. The van der Waals surface area contributed by atoms with Crippen LogP contribution in [-0.4, -0.2) is 12.2 Å². The summed E-state index contributed by atoms with van der Waals surface area (Å²) in [7, 11) is 0. The molecule has 0 aliphatic heterocycles. The van der Waals surface area contributed by atoms with Gasteiger partial charge in [-0.2, -0.15) is 10.5 Å². The van der Waals surface area contributed by atoms with Gasteiger partial charge in [-0.15, -0.1) is 0 Å². The summed E-state index contributed by atoms with van der Waals surface area (Å²) in [4.78, 5) is 0. The van der Waals surface area contributed by atoms with Crippen molar-refractivity contribution in [1.29, 1.82) is 10.5 Å². The van der Waals surface area contributed by atoms with Crippen LogP contribution in [0.15, 0.2) is 0 Å². The molecule has 0 saturated carbocycles. The second-order valence-electron chi connectivity index (χ2n) is 4.67. The number of nitrogens with zero attached hydrogens (tertiary/aromatic N) is 2. The lowest BCUT2D eigenvalue weighted by molar-refractivity contribution is 0.00759. The molecule has 0 amide bonds. The summed E-state index contributed by atoms with van der Waals surface area (Å²) in [6.45, 7) is 7.94. The molecule has 0 aromatic carbocycles. The highest BCUT2D eigenvalue weighted by Crippen LogP contribution is 2.30. The Morgan fingerprint density at radius 3 is 2.07 bits per heavy atom. The van der Waals surface area contributed by atoms with E-state index in [0.29, 0.717) is 13.0 Å². The van der Waals surface area contributed by atoms with Gasteiger partial charge in [0.15, 0.2) is 0 Å². The first-order valence-electron chi connectivity index (χ1n) is 4.41. The van der Waals surface area contributed by atoms with E-state index in [1.54, 1.807) is 12.5 Å². The summed E-state index contributed by atoms with van der Waals surface area (Å²) in [5, 5.41) is 16.7. The van der Waals surface area contributed by atoms with Gasteiger partial charge >= 0.3 is 0 Å². The van der Waals surface area contributed by atoms with E-state index in [-0.39, 0.29) is 5.41 Å². The first kappa shape index (κ1) is 12.6. The lowest BCUT2D eigenvalue weighted by Crippen LogP contribution is -2.32. The highest BCUT2D eigenvalue weighted by molar-refractivity contribution is 4.82. The van der Waals surface area contributed by atoms with Crippen molar-refractivity contribution in [2.45, 2.75) is 39.7 Å². The average Bonchev–Trinajstić information content (AvgIpc) is 1.98. The third kappa shape index (κ3) is 5.27. The predicted molar refractivity (Wildman–Crippen MR) is 50.7 cm³/mol. The highest BCUT2D eigenvalue weighted by atomic mass is 16.5. The Balaban J connectivity index is 4.21. The molecular formula is C10H16N2O2. The fourth-order valence-corrected chi connectivity index (χ4v) is 1.59. The maximum Gasteiger partial charge on any atom is 0.286 e. The van der Waals surface area contributed by atoms with Crippen LogP contribution in [0.3, 0.4) is 0 Å². The van der Waals surface area contributed by atoms with E-state index < -0.39 is 5.60 Å². The zero-order chi connectivity index (χ0) is 11.2. The van der Waals surface area contributed by atoms with Gasteiger partial charge in [-0.05, 0) is 20.3 Å². The van der Waals surface area contributed by atoms with E-state index in [1.807, 2.05) is 27.7 Å². The van der Waals surface area contributed by atoms with Crippen LogP contribution in [0.25, 0.3) is 0 Å². The van der Waals surface area contributed by atoms with E-state index in [0.717, 1.165) is 0 Å². The molecule has 0 atom stereocenters. The Hall–Kier alpha value is -1.42. The zero-order valence-electron chi connectivity index (χ0n) is 9.13. The quantitative estimate of drug-likeness (QED) is 0.632. The number of ether oxygens (including phenoxy) is 2. The van der Waals surface area contributed by atoms with Crippen LogP contribution in [-0.2, 0) is 9.47 Å². The van der Waals surface area contributed by atoms with Crippen molar-refractivity contribution >= 4 is 0 Å². The molecule has 4 heteroatoms. The molecule has 78 valence electrons. The summed E-state index contributed by atoms with van der Waals surface area (Å²) >= 11 is 0. The lowest BCUT2D eigenvalue weighted by atomic mass is 9.82. The summed E-state index contributed by atoms with van der Waals surface area (Å²) in [6.07, 6.45) is 3.96. The van der Waals surface area contributed by atoms with Crippen molar-refractivity contribution in [2.75, 3.05) is 6.61 Å². The van der Waals surface area contributed by atoms with Crippen LogP contribution in [0.2, 0.25) is 0 Å². The molecule has 0 N–H and O–H groups in total. The lowest BCUT2D eigenvalue weighted by Gasteiger charge is -2.31. The van der Waals surface area contributed by atoms with Crippen LogP contribution in [0.5, 0.6) is 0 Å². The third-order valence-electron chi connectivity index (χ3n) is 1.75. The fourth-order valence-electron chi connectivity index (χ4n) is 1.59. The molecule has 0 heterocycles. The van der Waals surface area contributed by atoms with E-state index in [9.17, 15) is 0 Å². The standard InChI is InChI=1S/C10H16N2O2/c1-9(2,6-13-7-11)5-10(3,4)14-8-12/h5-6H2,1-4H3. The average molecular weight is 196 g/mol. The molecule has 0 aliphatic carbocycles. The van der Waals surface area contributed by atoms with Gasteiger partial charge in [-0.1, -0.05) is 13.8 Å². The largest absolute Gasteiger partial charge is 0.427 e. The van der Waals surface area contributed by atoms with Crippen molar-refractivity contribution in [1.82, 2.24) is 0 Å². The maximum atomic E-state index is 8.42. The first-order valence-corrected chi connectivity index (χ1v) is 4.41. The van der Waals surface area contributed by atoms with Gasteiger partial charge < -0.3 is 9.47 Å². The first-order chi connectivity index (χ1) is 6.33. The van der Waals surface area contributed by atoms with Gasteiger partial charge in [0.2, 0.25) is 0 Å². The van der Waals surface area contributed by atoms with Crippen LogP contribution in [0, 0.1) is 28.4 Å². The molecule has 0 aromatic heterocycles. The van der Waals surface area contributed by atoms with Crippen molar-refractivity contribution in [3.63, 3.8) is 0 Å². The molecule has 0 fully saturated rings. The molecule has 0 saturated heterocycles. The molecule has 0 aromatic rings. The van der Waals surface area contributed by atoms with Gasteiger partial charge in [0.25, 0.3) is 12.5 Å². The number of nitriles is 2. The Kier molecular flexibility index (Phi) is 4.24. The fraction of sp³-hybridized carbons (Fsp3) is 0.800. The molecule has 0 spiro atoms. The van der Waals surface area contributed by atoms with Gasteiger partial charge in [-0.25, -0.2) is 0 Å². The molecule has 14 heavy (non-hydrogen) atoms. The SMILES string of the molecule is CC(C)(COC#N)CC(C)(C)OC#N. The second kappa shape index (κ2) is 4.72. The van der Waals surface area contributed by atoms with Crippen molar-refractivity contribution in [3.8, 4) is 12.5 Å². The highest BCUT2D eigenvalue weighted by Gasteiger charge is 2.31. The minimum absolute atomic E-state index is 0.184. The summed E-state index contributed by atoms with van der Waals surface area (Å²) in [5.74, 6) is 0. The van der Waals surface area contributed by atoms with Gasteiger partial charge in [-0.3, -0.25) is 0 Å². The Labute approximate surface area is 85.0 Å². The monoisotopic (exact) mass is 196 g/mol. The molecule has 4 nitrogen and oxygen atoms in total. The van der Waals surface area contributed by atoms with Crippen molar-refractivity contribution < 1.29 is 9.47 Å². The predicted octanol–water partition coefficient (Wildman–Crippen LogP) is 2.18. The van der Waals surface area contributed by atoms with Crippen LogP contribution < -0.4 is 0 Å². The number of rotatable bonds is 5. The van der Waals surface area contributed by atoms with Gasteiger partial charge in [0.05, 0.1) is 0 Å². The van der Waals surface area contributed by atoms with E-state index in [2.05, 4.69) is 4.74 Å². The molecule has 0 unspecified atom stereocenters. The number of hydrogen-bond acceptors (Lipinski definition) is 4. The molecule has 0 radical (unpaired) electrons. The van der Waals surface area contributed by atoms with Crippen LogP contribution in [0.4, 0.5) is 0 Å². The summed E-state index contributed by atoms with van der Waals surface area (Å²) < 4.78 is 9.60. The minimum atomic E-state index is -0.517. The minimum Gasteiger partial charge on any atom is -0.427 e. The Morgan fingerprint density at radius 2 is 1.64 bits per heavy atom. The normalized spacial score (nSPS) is 11.3. The van der Waals surface area contributed by atoms with Crippen molar-refractivity contribution in [3.05, 3.63) is 0 Å². The summed E-state index contributed by atoms with van der Waals surface area (Å²) in [6, 6.07) is 0. The third-order valence-corrected chi connectivity index (χ3v) is 1.75. The topological polar surface area (TPSA) is 66.0 Å². The molecule has 0 bridgehead atoms. The molecular weight excluding hydrogens is 180 g/mol. The van der Waals surface area contributed by atoms with Gasteiger partial charge in [0, 0.05) is 5.41 Å².